The van der Waals surface area contributed by atoms with Crippen LogP contribution in [0.25, 0.3) is 0 Å². The molecule has 2 rings (SSSR count). The Morgan fingerprint density at radius 3 is 2.29 bits per heavy atom. The molecule has 2 aromatic carbocycles. The van der Waals surface area contributed by atoms with Gasteiger partial charge in [-0.3, -0.25) is 9.59 Å². The Morgan fingerprint density at radius 2 is 1.68 bits per heavy atom. The van der Waals surface area contributed by atoms with E-state index in [1.807, 2.05) is 19.1 Å². The third-order valence-corrected chi connectivity index (χ3v) is 4.01. The molecule has 1 atom stereocenters. The van der Waals surface area contributed by atoms with E-state index in [0.717, 1.165) is 11.6 Å². The molecule has 0 fully saturated rings. The summed E-state index contributed by atoms with van der Waals surface area (Å²) in [5, 5.41) is 5.08. The summed E-state index contributed by atoms with van der Waals surface area (Å²) >= 11 is 0. The number of carbonyl (C=O) groups is 3. The number of aryl methyl sites for hydroxylation is 1. The number of anilines is 1. The Kier molecular flexibility index (Phi) is 7.26. The van der Waals surface area contributed by atoms with Gasteiger partial charge in [0.15, 0.2) is 6.61 Å². The predicted octanol–water partition coefficient (Wildman–Crippen LogP) is 3.07. The molecule has 0 heterocycles. The summed E-state index contributed by atoms with van der Waals surface area (Å²) in [5.41, 5.74) is 1.47. The van der Waals surface area contributed by atoms with Crippen LogP contribution >= 0.6 is 0 Å². The molecule has 0 aliphatic rings. The van der Waals surface area contributed by atoms with Crippen LogP contribution in [0, 0.1) is 18.7 Å². The second kappa shape index (κ2) is 9.64. The number of carbonyl (C=O) groups excluding carboxylic acids is 3. The van der Waals surface area contributed by atoms with E-state index in [2.05, 4.69) is 10.6 Å². The van der Waals surface area contributed by atoms with Crippen LogP contribution in [-0.2, 0) is 14.3 Å². The molecule has 0 saturated carbocycles. The number of ether oxygens (including phenoxy) is 1. The molecule has 0 aromatic heterocycles. The van der Waals surface area contributed by atoms with Crippen molar-refractivity contribution in [2.24, 2.45) is 5.92 Å². The largest absolute Gasteiger partial charge is 0.454 e. The van der Waals surface area contributed by atoms with Gasteiger partial charge in [0.25, 0.3) is 11.8 Å². The Hall–Kier alpha value is -3.22. The predicted molar refractivity (Wildman–Crippen MR) is 103 cm³/mol. The van der Waals surface area contributed by atoms with Crippen molar-refractivity contribution in [3.05, 3.63) is 65.5 Å². The molecule has 0 aliphatic heterocycles. The van der Waals surface area contributed by atoms with Crippen molar-refractivity contribution in [3.8, 4) is 0 Å². The van der Waals surface area contributed by atoms with Crippen molar-refractivity contribution in [2.45, 2.75) is 26.8 Å². The van der Waals surface area contributed by atoms with Gasteiger partial charge < -0.3 is 15.4 Å². The number of amides is 2. The highest BCUT2D eigenvalue weighted by molar-refractivity contribution is 5.97. The second-order valence-corrected chi connectivity index (χ2v) is 6.70. The Balaban J connectivity index is 1.93. The monoisotopic (exact) mass is 386 g/mol. The van der Waals surface area contributed by atoms with E-state index in [-0.39, 0.29) is 11.5 Å². The smallest absolute Gasteiger partial charge is 0.329 e. The highest BCUT2D eigenvalue weighted by Gasteiger charge is 2.27. The first-order chi connectivity index (χ1) is 13.3. The summed E-state index contributed by atoms with van der Waals surface area (Å²) in [6, 6.07) is 11.6. The van der Waals surface area contributed by atoms with Gasteiger partial charge in [-0.25, -0.2) is 9.18 Å². The lowest BCUT2D eigenvalue weighted by molar-refractivity contribution is -0.150. The van der Waals surface area contributed by atoms with E-state index in [0.29, 0.717) is 5.69 Å². The van der Waals surface area contributed by atoms with Crippen LogP contribution in [0.3, 0.4) is 0 Å². The fourth-order valence-corrected chi connectivity index (χ4v) is 2.42. The lowest BCUT2D eigenvalue weighted by Crippen LogP contribution is -2.46. The minimum atomic E-state index is -1.01. The van der Waals surface area contributed by atoms with Crippen LogP contribution in [0.15, 0.2) is 48.5 Å². The van der Waals surface area contributed by atoms with Gasteiger partial charge in [0.1, 0.15) is 11.9 Å². The number of hydrogen-bond acceptors (Lipinski definition) is 4. The molecule has 2 N–H and O–H groups in total. The molecule has 148 valence electrons. The normalized spacial score (nSPS) is 11.6. The minimum absolute atomic E-state index is 0.168. The fourth-order valence-electron chi connectivity index (χ4n) is 2.42. The van der Waals surface area contributed by atoms with Gasteiger partial charge in [-0.05, 0) is 37.1 Å². The SMILES string of the molecule is Cc1ccc(NC(=O)COC(=O)C(NC(=O)c2ccccc2F)C(C)C)cc1. The molecule has 0 radical (unpaired) electrons. The van der Waals surface area contributed by atoms with E-state index >= 15 is 0 Å². The van der Waals surface area contributed by atoms with Gasteiger partial charge in [0, 0.05) is 5.69 Å². The maximum absolute atomic E-state index is 13.7. The highest BCUT2D eigenvalue weighted by Crippen LogP contribution is 2.11. The third kappa shape index (κ3) is 5.90. The van der Waals surface area contributed by atoms with Crippen LogP contribution in [0.1, 0.15) is 29.8 Å². The van der Waals surface area contributed by atoms with E-state index in [1.54, 1.807) is 26.0 Å². The molecule has 0 bridgehead atoms. The summed E-state index contributed by atoms with van der Waals surface area (Å²) in [4.78, 5) is 36.5. The topological polar surface area (TPSA) is 84.5 Å². The molecule has 7 heteroatoms. The van der Waals surface area contributed by atoms with E-state index in [4.69, 9.17) is 4.74 Å². The summed E-state index contributed by atoms with van der Waals surface area (Å²) in [6.07, 6.45) is 0. The van der Waals surface area contributed by atoms with E-state index in [9.17, 15) is 18.8 Å². The molecule has 2 aromatic rings. The summed E-state index contributed by atoms with van der Waals surface area (Å²) in [6.45, 7) is 4.85. The van der Waals surface area contributed by atoms with Crippen LogP contribution in [0.4, 0.5) is 10.1 Å². The Bertz CT molecular complexity index is 850. The van der Waals surface area contributed by atoms with Gasteiger partial charge >= 0.3 is 5.97 Å². The second-order valence-electron chi connectivity index (χ2n) is 6.70. The quantitative estimate of drug-likeness (QED) is 0.717. The van der Waals surface area contributed by atoms with Crippen molar-refractivity contribution >= 4 is 23.5 Å². The van der Waals surface area contributed by atoms with Gasteiger partial charge in [-0.1, -0.05) is 43.7 Å². The number of halogens is 1. The number of rotatable bonds is 7. The lowest BCUT2D eigenvalue weighted by atomic mass is 10.0. The molecule has 6 nitrogen and oxygen atoms in total. The summed E-state index contributed by atoms with van der Waals surface area (Å²) in [5.74, 6) is -2.99. The van der Waals surface area contributed by atoms with Crippen molar-refractivity contribution < 1.29 is 23.5 Å². The molecule has 0 spiro atoms. The molecule has 0 aliphatic carbocycles. The van der Waals surface area contributed by atoms with E-state index < -0.39 is 36.2 Å². The Labute approximate surface area is 163 Å². The standard InChI is InChI=1S/C21H23FN2O4/c1-13(2)19(24-20(26)16-6-4-5-7-17(16)22)21(27)28-12-18(25)23-15-10-8-14(3)9-11-15/h4-11,13,19H,12H2,1-3H3,(H,23,25)(H,24,26). The van der Waals surface area contributed by atoms with Crippen molar-refractivity contribution in [1.82, 2.24) is 5.32 Å². The average molecular weight is 386 g/mol. The van der Waals surface area contributed by atoms with Crippen LogP contribution in [0.2, 0.25) is 0 Å². The fraction of sp³-hybridized carbons (Fsp3) is 0.286. The molecular formula is C21H23FN2O4. The zero-order chi connectivity index (χ0) is 20.7. The van der Waals surface area contributed by atoms with E-state index in [1.165, 1.54) is 18.2 Å². The third-order valence-electron chi connectivity index (χ3n) is 4.01. The van der Waals surface area contributed by atoms with Gasteiger partial charge in [-0.2, -0.15) is 0 Å². The molecular weight excluding hydrogens is 363 g/mol. The van der Waals surface area contributed by atoms with Gasteiger partial charge in [-0.15, -0.1) is 0 Å². The minimum Gasteiger partial charge on any atom is -0.454 e. The zero-order valence-corrected chi connectivity index (χ0v) is 16.0. The Morgan fingerprint density at radius 1 is 1.04 bits per heavy atom. The average Bonchev–Trinajstić information content (AvgIpc) is 2.66. The van der Waals surface area contributed by atoms with Crippen molar-refractivity contribution in [3.63, 3.8) is 0 Å². The molecule has 28 heavy (non-hydrogen) atoms. The first-order valence-electron chi connectivity index (χ1n) is 8.86. The van der Waals surface area contributed by atoms with Gasteiger partial charge in [0.2, 0.25) is 0 Å². The molecule has 0 saturated heterocycles. The number of benzene rings is 2. The van der Waals surface area contributed by atoms with Crippen molar-refractivity contribution in [1.29, 1.82) is 0 Å². The van der Waals surface area contributed by atoms with Crippen molar-refractivity contribution in [2.75, 3.05) is 11.9 Å². The van der Waals surface area contributed by atoms with Crippen LogP contribution in [-0.4, -0.2) is 30.4 Å². The van der Waals surface area contributed by atoms with Crippen LogP contribution in [0.5, 0.6) is 0 Å². The lowest BCUT2D eigenvalue weighted by Gasteiger charge is -2.21. The zero-order valence-electron chi connectivity index (χ0n) is 16.0. The number of esters is 1. The number of hydrogen-bond donors (Lipinski definition) is 2. The summed E-state index contributed by atoms with van der Waals surface area (Å²) < 4.78 is 18.8. The molecule has 2 amide bonds. The summed E-state index contributed by atoms with van der Waals surface area (Å²) in [7, 11) is 0. The first-order valence-corrected chi connectivity index (χ1v) is 8.86. The van der Waals surface area contributed by atoms with Crippen LogP contribution < -0.4 is 10.6 Å². The first kappa shape index (κ1) is 21.1. The van der Waals surface area contributed by atoms with Gasteiger partial charge in [0.05, 0.1) is 5.56 Å². The highest BCUT2D eigenvalue weighted by atomic mass is 19.1. The molecule has 1 unspecified atom stereocenters. The maximum atomic E-state index is 13.7. The maximum Gasteiger partial charge on any atom is 0.329 e. The number of nitrogens with one attached hydrogen (secondary N) is 2.